The molecule has 1 aliphatic rings. The number of nitrogens with zero attached hydrogens (tertiary/aromatic N) is 1. The molecule has 0 radical (unpaired) electrons. The Morgan fingerprint density at radius 3 is 2.16 bits per heavy atom. The molecule has 0 bridgehead atoms. The minimum Gasteiger partial charge on any atom is -0.497 e. The van der Waals surface area contributed by atoms with E-state index in [0.717, 1.165) is 9.80 Å². The van der Waals surface area contributed by atoms with Crippen molar-refractivity contribution < 1.29 is 14.3 Å². The standard InChI is InChI=1S/C23H15Cl3N2O3S/c1-31-16-7-5-15(6-8-16)28-22(29)20(27-14-4-11-18(25)19(26)12-14)21(23(28)30)32-17-9-2-13(24)3-10-17/h2-12,27H,1H3. The van der Waals surface area contributed by atoms with Crippen LogP contribution in [-0.4, -0.2) is 18.9 Å². The zero-order chi connectivity index (χ0) is 22.8. The number of carbonyl (C=O) groups is 2. The molecule has 2 amide bonds. The predicted molar refractivity (Wildman–Crippen MR) is 130 cm³/mol. The molecule has 0 aliphatic carbocycles. The lowest BCUT2D eigenvalue weighted by molar-refractivity contribution is -0.120. The van der Waals surface area contributed by atoms with Crippen LogP contribution in [-0.2, 0) is 9.59 Å². The number of anilines is 2. The molecule has 32 heavy (non-hydrogen) atoms. The van der Waals surface area contributed by atoms with Gasteiger partial charge in [0.25, 0.3) is 11.8 Å². The zero-order valence-corrected chi connectivity index (χ0v) is 19.6. The number of halogens is 3. The van der Waals surface area contributed by atoms with Crippen molar-refractivity contribution in [2.45, 2.75) is 4.90 Å². The van der Waals surface area contributed by atoms with Crippen LogP contribution in [0.3, 0.4) is 0 Å². The maximum Gasteiger partial charge on any atom is 0.283 e. The number of ether oxygens (including phenoxy) is 1. The fourth-order valence-electron chi connectivity index (χ4n) is 3.02. The number of methoxy groups -OCH3 is 1. The van der Waals surface area contributed by atoms with Crippen LogP contribution in [0.1, 0.15) is 0 Å². The summed E-state index contributed by atoms with van der Waals surface area (Å²) < 4.78 is 5.17. The van der Waals surface area contributed by atoms with E-state index < -0.39 is 11.8 Å². The molecular weight excluding hydrogens is 491 g/mol. The highest BCUT2D eigenvalue weighted by Crippen LogP contribution is 2.39. The van der Waals surface area contributed by atoms with Gasteiger partial charge in [-0.15, -0.1) is 0 Å². The van der Waals surface area contributed by atoms with Crippen molar-refractivity contribution in [2.24, 2.45) is 0 Å². The summed E-state index contributed by atoms with van der Waals surface area (Å²) in [4.78, 5) is 28.8. The van der Waals surface area contributed by atoms with Gasteiger partial charge in [0, 0.05) is 15.6 Å². The molecule has 0 unspecified atom stereocenters. The van der Waals surface area contributed by atoms with Crippen molar-refractivity contribution in [3.05, 3.63) is 92.4 Å². The van der Waals surface area contributed by atoms with Gasteiger partial charge in [-0.2, -0.15) is 0 Å². The predicted octanol–water partition coefficient (Wildman–Crippen LogP) is 6.64. The van der Waals surface area contributed by atoms with Crippen LogP contribution < -0.4 is 15.0 Å². The molecule has 1 aliphatic heterocycles. The normalized spacial score (nSPS) is 13.7. The summed E-state index contributed by atoms with van der Waals surface area (Å²) in [7, 11) is 1.54. The first-order valence-electron chi connectivity index (χ1n) is 9.30. The number of carbonyl (C=O) groups excluding carboxylic acids is 2. The molecule has 3 aromatic rings. The summed E-state index contributed by atoms with van der Waals surface area (Å²) in [5.74, 6) is -0.309. The SMILES string of the molecule is COc1ccc(N2C(=O)C(Nc3ccc(Cl)c(Cl)c3)=C(Sc3ccc(Cl)cc3)C2=O)cc1. The summed E-state index contributed by atoms with van der Waals surface area (Å²) in [6, 6.07) is 18.6. The Morgan fingerprint density at radius 1 is 0.844 bits per heavy atom. The minimum absolute atomic E-state index is 0.143. The average molecular weight is 506 g/mol. The van der Waals surface area contributed by atoms with Crippen molar-refractivity contribution >= 4 is 69.8 Å². The van der Waals surface area contributed by atoms with Gasteiger partial charge >= 0.3 is 0 Å². The molecule has 9 heteroatoms. The van der Waals surface area contributed by atoms with Gasteiger partial charge in [0.05, 0.1) is 22.8 Å². The first-order valence-corrected chi connectivity index (χ1v) is 11.2. The van der Waals surface area contributed by atoms with E-state index in [2.05, 4.69) is 5.32 Å². The number of hydrogen-bond donors (Lipinski definition) is 1. The van der Waals surface area contributed by atoms with E-state index >= 15 is 0 Å². The van der Waals surface area contributed by atoms with Crippen LogP contribution in [0, 0.1) is 0 Å². The van der Waals surface area contributed by atoms with Crippen molar-refractivity contribution in [1.82, 2.24) is 0 Å². The molecule has 1 heterocycles. The Labute approximate surface area is 203 Å². The van der Waals surface area contributed by atoms with Crippen LogP contribution in [0.5, 0.6) is 5.75 Å². The Kier molecular flexibility index (Phi) is 6.67. The molecule has 0 atom stereocenters. The lowest BCUT2D eigenvalue weighted by Crippen LogP contribution is -2.32. The van der Waals surface area contributed by atoms with Crippen LogP contribution in [0.15, 0.2) is 82.2 Å². The van der Waals surface area contributed by atoms with E-state index in [1.807, 2.05) is 0 Å². The van der Waals surface area contributed by atoms with Gasteiger partial charge in [0.15, 0.2) is 0 Å². The molecule has 0 saturated carbocycles. The third-order valence-electron chi connectivity index (χ3n) is 4.59. The van der Waals surface area contributed by atoms with Crippen LogP contribution in [0.25, 0.3) is 0 Å². The minimum atomic E-state index is -0.484. The lowest BCUT2D eigenvalue weighted by Gasteiger charge is -2.15. The maximum atomic E-state index is 13.3. The molecule has 1 N–H and O–H groups in total. The summed E-state index contributed by atoms with van der Waals surface area (Å²) in [5, 5.41) is 4.33. The highest BCUT2D eigenvalue weighted by molar-refractivity contribution is 8.04. The molecule has 162 valence electrons. The van der Waals surface area contributed by atoms with Gasteiger partial charge in [-0.25, -0.2) is 4.90 Å². The second-order valence-corrected chi connectivity index (χ2v) is 8.99. The number of benzene rings is 3. The fourth-order valence-corrected chi connectivity index (χ4v) is 4.37. The molecule has 0 aromatic heterocycles. The number of rotatable bonds is 6. The quantitative estimate of drug-likeness (QED) is 0.380. The first-order chi connectivity index (χ1) is 15.4. The summed E-state index contributed by atoms with van der Waals surface area (Å²) in [6.45, 7) is 0. The number of amides is 2. The van der Waals surface area contributed by atoms with Gasteiger partial charge in [0.1, 0.15) is 16.4 Å². The zero-order valence-electron chi connectivity index (χ0n) is 16.6. The second kappa shape index (κ2) is 9.46. The molecule has 3 aromatic carbocycles. The molecule has 5 nitrogen and oxygen atoms in total. The van der Waals surface area contributed by atoms with Crippen molar-refractivity contribution in [1.29, 1.82) is 0 Å². The summed E-state index contributed by atoms with van der Waals surface area (Å²) >= 11 is 19.3. The second-order valence-electron chi connectivity index (χ2n) is 6.66. The smallest absolute Gasteiger partial charge is 0.283 e. The van der Waals surface area contributed by atoms with E-state index in [4.69, 9.17) is 39.5 Å². The van der Waals surface area contributed by atoms with Crippen LogP contribution in [0.4, 0.5) is 11.4 Å². The van der Waals surface area contributed by atoms with E-state index in [0.29, 0.717) is 32.2 Å². The summed E-state index contributed by atoms with van der Waals surface area (Å²) in [6.07, 6.45) is 0. The molecule has 4 rings (SSSR count). The molecule has 0 saturated heterocycles. The Bertz CT molecular complexity index is 1230. The molecule has 0 fully saturated rings. The largest absolute Gasteiger partial charge is 0.497 e. The molecular formula is C23H15Cl3N2O3S. The lowest BCUT2D eigenvalue weighted by atomic mass is 10.2. The topological polar surface area (TPSA) is 58.6 Å². The Hall–Kier alpha value is -2.64. The molecule has 0 spiro atoms. The highest BCUT2D eigenvalue weighted by atomic mass is 35.5. The monoisotopic (exact) mass is 504 g/mol. The van der Waals surface area contributed by atoms with Crippen LogP contribution in [0.2, 0.25) is 15.1 Å². The maximum absolute atomic E-state index is 13.3. The van der Waals surface area contributed by atoms with Gasteiger partial charge in [0.2, 0.25) is 0 Å². The van der Waals surface area contributed by atoms with Gasteiger partial charge in [-0.05, 0) is 66.7 Å². The summed E-state index contributed by atoms with van der Waals surface area (Å²) in [5.41, 5.74) is 1.10. The first kappa shape index (κ1) is 22.6. The van der Waals surface area contributed by atoms with E-state index in [-0.39, 0.29) is 10.6 Å². The number of imide groups is 1. The third-order valence-corrected chi connectivity index (χ3v) is 6.68. The highest BCUT2D eigenvalue weighted by Gasteiger charge is 2.40. The van der Waals surface area contributed by atoms with Gasteiger partial charge in [-0.1, -0.05) is 46.6 Å². The average Bonchev–Trinajstić information content (AvgIpc) is 3.01. The van der Waals surface area contributed by atoms with E-state index in [1.54, 1.807) is 73.8 Å². The van der Waals surface area contributed by atoms with E-state index in [9.17, 15) is 9.59 Å². The third kappa shape index (κ3) is 4.59. The van der Waals surface area contributed by atoms with Crippen molar-refractivity contribution in [3.63, 3.8) is 0 Å². The van der Waals surface area contributed by atoms with Crippen molar-refractivity contribution in [3.8, 4) is 5.75 Å². The Morgan fingerprint density at radius 2 is 1.53 bits per heavy atom. The van der Waals surface area contributed by atoms with Gasteiger partial charge in [-0.3, -0.25) is 9.59 Å². The van der Waals surface area contributed by atoms with Gasteiger partial charge < -0.3 is 10.1 Å². The van der Waals surface area contributed by atoms with Crippen LogP contribution >= 0.6 is 46.6 Å². The number of thioether (sulfide) groups is 1. The number of hydrogen-bond acceptors (Lipinski definition) is 5. The van der Waals surface area contributed by atoms with Crippen molar-refractivity contribution in [2.75, 3.05) is 17.3 Å². The number of nitrogens with one attached hydrogen (secondary N) is 1. The fraction of sp³-hybridized carbons (Fsp3) is 0.0435. The van der Waals surface area contributed by atoms with E-state index in [1.165, 1.54) is 11.8 Å². The Balaban J connectivity index is 1.73.